The Morgan fingerprint density at radius 2 is 2.32 bits per heavy atom. The number of nitrogens with one attached hydrogen (secondary N) is 1. The summed E-state index contributed by atoms with van der Waals surface area (Å²) >= 11 is 3.03. The molecule has 1 heterocycles. The third kappa shape index (κ3) is 3.63. The first-order valence-corrected chi connectivity index (χ1v) is 6.86. The standard InChI is InChI=1S/C12H14BrFN2O3/c13-9-5-11(12(16(17)18)6-10(9)14)15-7-8-3-1-2-4-19-8/h5-6,8,15H,1-4,7H2. The van der Waals surface area contributed by atoms with Crippen LogP contribution in [0.4, 0.5) is 15.8 Å². The monoisotopic (exact) mass is 332 g/mol. The lowest BCUT2D eigenvalue weighted by Gasteiger charge is -2.23. The Morgan fingerprint density at radius 1 is 1.53 bits per heavy atom. The van der Waals surface area contributed by atoms with E-state index in [1.165, 1.54) is 6.07 Å². The molecule has 5 nitrogen and oxygen atoms in total. The molecular weight excluding hydrogens is 319 g/mol. The second kappa shape index (κ2) is 6.29. The van der Waals surface area contributed by atoms with E-state index in [9.17, 15) is 14.5 Å². The van der Waals surface area contributed by atoms with E-state index in [0.717, 1.165) is 31.9 Å². The minimum absolute atomic E-state index is 0.0529. The number of nitrogens with zero attached hydrogens (tertiary/aromatic N) is 1. The molecule has 0 aliphatic carbocycles. The van der Waals surface area contributed by atoms with Gasteiger partial charge in [0.05, 0.1) is 21.6 Å². The van der Waals surface area contributed by atoms with Gasteiger partial charge in [0.15, 0.2) is 0 Å². The Morgan fingerprint density at radius 3 is 2.95 bits per heavy atom. The normalized spacial score (nSPS) is 19.2. The fourth-order valence-electron chi connectivity index (χ4n) is 2.02. The van der Waals surface area contributed by atoms with Gasteiger partial charge in [0.2, 0.25) is 0 Å². The first-order valence-electron chi connectivity index (χ1n) is 6.07. The topological polar surface area (TPSA) is 64.4 Å². The molecule has 1 atom stereocenters. The molecular formula is C12H14BrFN2O3. The Labute approximate surface area is 118 Å². The van der Waals surface area contributed by atoms with Crippen LogP contribution in [0.5, 0.6) is 0 Å². The third-order valence-corrected chi connectivity index (χ3v) is 3.64. The summed E-state index contributed by atoms with van der Waals surface area (Å²) in [7, 11) is 0. The second-order valence-corrected chi connectivity index (χ2v) is 5.26. The summed E-state index contributed by atoms with van der Waals surface area (Å²) in [5.41, 5.74) is 0.0314. The highest BCUT2D eigenvalue weighted by atomic mass is 79.9. The quantitative estimate of drug-likeness (QED) is 0.677. The molecule has 0 saturated carbocycles. The van der Waals surface area contributed by atoms with Crippen LogP contribution in [0, 0.1) is 15.9 Å². The third-order valence-electron chi connectivity index (χ3n) is 3.03. The van der Waals surface area contributed by atoms with E-state index in [2.05, 4.69) is 21.2 Å². The van der Waals surface area contributed by atoms with Gasteiger partial charge in [-0.2, -0.15) is 0 Å². The number of anilines is 1. The minimum Gasteiger partial charge on any atom is -0.377 e. The van der Waals surface area contributed by atoms with Crippen LogP contribution in [0.2, 0.25) is 0 Å². The molecule has 0 radical (unpaired) electrons. The van der Waals surface area contributed by atoms with Crippen molar-refractivity contribution in [3.05, 3.63) is 32.5 Å². The first-order chi connectivity index (χ1) is 9.08. The van der Waals surface area contributed by atoms with Gasteiger partial charge in [0.25, 0.3) is 5.69 Å². The molecule has 0 bridgehead atoms. The van der Waals surface area contributed by atoms with Gasteiger partial charge in [-0.25, -0.2) is 4.39 Å². The summed E-state index contributed by atoms with van der Waals surface area (Å²) in [5, 5.41) is 13.9. The first kappa shape index (κ1) is 14.2. The number of benzene rings is 1. The highest BCUT2D eigenvalue weighted by Gasteiger charge is 2.19. The Kier molecular flexibility index (Phi) is 4.71. The van der Waals surface area contributed by atoms with Crippen LogP contribution in [-0.4, -0.2) is 24.2 Å². The Balaban J connectivity index is 2.09. The van der Waals surface area contributed by atoms with Crippen molar-refractivity contribution in [3.63, 3.8) is 0 Å². The maximum absolute atomic E-state index is 13.3. The van der Waals surface area contributed by atoms with Crippen LogP contribution >= 0.6 is 15.9 Å². The zero-order valence-electron chi connectivity index (χ0n) is 10.2. The van der Waals surface area contributed by atoms with Crippen molar-refractivity contribution >= 4 is 27.3 Å². The average Bonchev–Trinajstić information content (AvgIpc) is 2.40. The van der Waals surface area contributed by atoms with E-state index in [1.807, 2.05) is 0 Å². The summed E-state index contributed by atoms with van der Waals surface area (Å²) < 4.78 is 19.0. The fraction of sp³-hybridized carbons (Fsp3) is 0.500. The number of nitro groups is 1. The van der Waals surface area contributed by atoms with E-state index in [4.69, 9.17) is 4.74 Å². The van der Waals surface area contributed by atoms with Crippen molar-refractivity contribution in [1.82, 2.24) is 0 Å². The maximum Gasteiger partial charge on any atom is 0.295 e. The van der Waals surface area contributed by atoms with Gasteiger partial charge in [-0.05, 0) is 41.3 Å². The molecule has 0 aromatic heterocycles. The Bertz CT molecular complexity index is 478. The smallest absolute Gasteiger partial charge is 0.295 e. The van der Waals surface area contributed by atoms with E-state index < -0.39 is 10.7 Å². The molecule has 1 aliphatic rings. The lowest BCUT2D eigenvalue weighted by molar-refractivity contribution is -0.384. The van der Waals surface area contributed by atoms with E-state index in [-0.39, 0.29) is 16.3 Å². The zero-order valence-corrected chi connectivity index (χ0v) is 11.8. The summed E-state index contributed by atoms with van der Waals surface area (Å²) in [4.78, 5) is 10.3. The second-order valence-electron chi connectivity index (χ2n) is 4.41. The number of hydrogen-bond donors (Lipinski definition) is 1. The molecule has 1 unspecified atom stereocenters. The van der Waals surface area contributed by atoms with Crippen molar-refractivity contribution in [2.24, 2.45) is 0 Å². The molecule has 19 heavy (non-hydrogen) atoms. The Hall–Kier alpha value is -1.21. The minimum atomic E-state index is -0.647. The van der Waals surface area contributed by atoms with E-state index >= 15 is 0 Å². The SMILES string of the molecule is O=[N+]([O-])c1cc(F)c(Br)cc1NCC1CCCCO1. The largest absolute Gasteiger partial charge is 0.377 e. The van der Waals surface area contributed by atoms with Crippen molar-refractivity contribution in [1.29, 1.82) is 0 Å². The van der Waals surface area contributed by atoms with Crippen molar-refractivity contribution in [2.45, 2.75) is 25.4 Å². The molecule has 1 N–H and O–H groups in total. The highest BCUT2D eigenvalue weighted by Crippen LogP contribution is 2.30. The van der Waals surface area contributed by atoms with Crippen LogP contribution in [0.15, 0.2) is 16.6 Å². The molecule has 1 aliphatic heterocycles. The fourth-order valence-corrected chi connectivity index (χ4v) is 2.36. The van der Waals surface area contributed by atoms with Gasteiger partial charge < -0.3 is 10.1 Å². The lowest BCUT2D eigenvalue weighted by Crippen LogP contribution is -2.27. The van der Waals surface area contributed by atoms with Gasteiger partial charge in [-0.3, -0.25) is 10.1 Å². The molecule has 1 aromatic rings. The molecule has 7 heteroatoms. The molecule has 0 amide bonds. The van der Waals surface area contributed by atoms with Gasteiger partial charge in [-0.1, -0.05) is 0 Å². The molecule has 0 spiro atoms. The number of hydrogen-bond acceptors (Lipinski definition) is 4. The summed E-state index contributed by atoms with van der Waals surface area (Å²) in [6, 6.07) is 2.30. The predicted octanol–water partition coefficient (Wildman–Crippen LogP) is 3.48. The van der Waals surface area contributed by atoms with Gasteiger partial charge in [-0.15, -0.1) is 0 Å². The van der Waals surface area contributed by atoms with Crippen molar-refractivity contribution < 1.29 is 14.1 Å². The number of nitro benzene ring substituents is 1. The number of ether oxygens (including phenoxy) is 1. The molecule has 1 aromatic carbocycles. The van der Waals surface area contributed by atoms with E-state index in [0.29, 0.717) is 12.2 Å². The van der Waals surface area contributed by atoms with Crippen LogP contribution in [0.3, 0.4) is 0 Å². The summed E-state index contributed by atoms with van der Waals surface area (Å²) in [6.45, 7) is 1.21. The van der Waals surface area contributed by atoms with Crippen LogP contribution in [-0.2, 0) is 4.74 Å². The number of rotatable bonds is 4. The van der Waals surface area contributed by atoms with Crippen LogP contribution in [0.1, 0.15) is 19.3 Å². The maximum atomic E-state index is 13.3. The van der Waals surface area contributed by atoms with Crippen molar-refractivity contribution in [3.8, 4) is 0 Å². The van der Waals surface area contributed by atoms with Gasteiger partial charge in [0.1, 0.15) is 11.5 Å². The lowest BCUT2D eigenvalue weighted by atomic mass is 10.1. The summed E-state index contributed by atoms with van der Waals surface area (Å²) in [5.74, 6) is -0.647. The van der Waals surface area contributed by atoms with Gasteiger partial charge >= 0.3 is 0 Å². The van der Waals surface area contributed by atoms with Crippen LogP contribution in [0.25, 0.3) is 0 Å². The van der Waals surface area contributed by atoms with Crippen molar-refractivity contribution in [2.75, 3.05) is 18.5 Å². The highest BCUT2D eigenvalue weighted by molar-refractivity contribution is 9.10. The summed E-state index contributed by atoms with van der Waals surface area (Å²) in [6.07, 6.45) is 3.14. The molecule has 1 saturated heterocycles. The average molecular weight is 333 g/mol. The van der Waals surface area contributed by atoms with Gasteiger partial charge in [0, 0.05) is 13.2 Å². The zero-order chi connectivity index (χ0) is 13.8. The predicted molar refractivity (Wildman–Crippen MR) is 72.8 cm³/mol. The van der Waals surface area contributed by atoms with Crippen LogP contribution < -0.4 is 5.32 Å². The molecule has 2 rings (SSSR count). The number of halogens is 2. The van der Waals surface area contributed by atoms with E-state index in [1.54, 1.807) is 0 Å². The molecule has 1 fully saturated rings. The molecule has 104 valence electrons.